The van der Waals surface area contributed by atoms with Gasteiger partial charge in [0.05, 0.1) is 17.2 Å². The Labute approximate surface area is 118 Å². The van der Waals surface area contributed by atoms with Crippen LogP contribution in [0.25, 0.3) is 0 Å². The van der Waals surface area contributed by atoms with E-state index in [-0.39, 0.29) is 6.10 Å². The van der Waals surface area contributed by atoms with E-state index in [1.165, 1.54) is 0 Å². The van der Waals surface area contributed by atoms with E-state index in [1.54, 1.807) is 30.3 Å². The van der Waals surface area contributed by atoms with E-state index >= 15 is 0 Å². The zero-order chi connectivity index (χ0) is 14.5. The second kappa shape index (κ2) is 6.33. The molecule has 1 aliphatic heterocycles. The van der Waals surface area contributed by atoms with Crippen molar-refractivity contribution in [2.75, 3.05) is 0 Å². The van der Waals surface area contributed by atoms with Gasteiger partial charge in [-0.2, -0.15) is 0 Å². The van der Waals surface area contributed by atoms with Gasteiger partial charge in [0, 0.05) is 6.42 Å². The fraction of sp³-hybridized carbons (Fsp3) is 0.312. The Hall–Kier alpha value is -2.16. The summed E-state index contributed by atoms with van der Waals surface area (Å²) in [6, 6.07) is 6.74. The quantitative estimate of drug-likeness (QED) is 0.590. The first kappa shape index (κ1) is 14.3. The number of carbonyl (C=O) groups excluding carboxylic acids is 2. The average Bonchev–Trinajstić information content (AvgIpc) is 2.70. The zero-order valence-corrected chi connectivity index (χ0v) is 11.5. The first-order valence-corrected chi connectivity index (χ1v) is 6.68. The van der Waals surface area contributed by atoms with Crippen LogP contribution in [0.5, 0.6) is 0 Å². The molecule has 0 fully saturated rings. The molecule has 0 aromatic heterocycles. The summed E-state index contributed by atoms with van der Waals surface area (Å²) in [6.45, 7) is 5.53. The van der Waals surface area contributed by atoms with Crippen LogP contribution in [-0.2, 0) is 4.84 Å². The Morgan fingerprint density at radius 2 is 1.90 bits per heavy atom. The largest absolute Gasteiger partial charge is 0.285 e. The van der Waals surface area contributed by atoms with Crippen LogP contribution >= 0.6 is 0 Å². The number of rotatable bonds is 6. The standard InChI is InChI=1S/C16H17NO3/c1-3-5-9-12(8-4-2)20-17-15(18)13-10-6-7-11-14(13)16(17)19/h5-7,10-12H,1,4,8-9H2,2H3/t12-/m1/s1. The summed E-state index contributed by atoms with van der Waals surface area (Å²) in [4.78, 5) is 29.9. The Morgan fingerprint density at radius 3 is 2.40 bits per heavy atom. The van der Waals surface area contributed by atoms with E-state index < -0.39 is 11.8 Å². The van der Waals surface area contributed by atoms with Crippen molar-refractivity contribution in [3.63, 3.8) is 0 Å². The summed E-state index contributed by atoms with van der Waals surface area (Å²) in [7, 11) is 0. The molecule has 0 aliphatic carbocycles. The highest BCUT2D eigenvalue weighted by Crippen LogP contribution is 2.24. The second-order valence-corrected chi connectivity index (χ2v) is 4.61. The Kier molecular flexibility index (Phi) is 4.51. The number of hydrogen-bond donors (Lipinski definition) is 0. The first-order valence-electron chi connectivity index (χ1n) is 6.68. The van der Waals surface area contributed by atoms with E-state index in [4.69, 9.17) is 4.84 Å². The lowest BCUT2D eigenvalue weighted by Gasteiger charge is -2.20. The van der Waals surface area contributed by atoms with E-state index in [0.29, 0.717) is 17.5 Å². The number of hydrogen-bond acceptors (Lipinski definition) is 3. The predicted molar refractivity (Wildman–Crippen MR) is 75.1 cm³/mol. The Bertz CT molecular complexity index is 538. The van der Waals surface area contributed by atoms with Crippen molar-refractivity contribution < 1.29 is 14.4 Å². The van der Waals surface area contributed by atoms with Crippen molar-refractivity contribution in [3.8, 4) is 0 Å². The maximum Gasteiger partial charge on any atom is 0.285 e. The van der Waals surface area contributed by atoms with Crippen LogP contribution in [0.15, 0.2) is 42.7 Å². The van der Waals surface area contributed by atoms with Gasteiger partial charge in [0.15, 0.2) is 0 Å². The molecule has 1 aromatic carbocycles. The SMILES string of the molecule is C=C=CC[C@@H](CCC)ON1C(=O)c2ccccc2C1=O. The zero-order valence-electron chi connectivity index (χ0n) is 11.5. The number of nitrogens with zero attached hydrogens (tertiary/aromatic N) is 1. The molecule has 1 aliphatic rings. The van der Waals surface area contributed by atoms with Crippen LogP contribution in [0.2, 0.25) is 0 Å². The summed E-state index contributed by atoms with van der Waals surface area (Å²) in [6.07, 6.45) is 3.75. The number of benzene rings is 1. The normalized spacial score (nSPS) is 14.9. The van der Waals surface area contributed by atoms with Crippen molar-refractivity contribution in [2.24, 2.45) is 0 Å². The summed E-state index contributed by atoms with van der Waals surface area (Å²) in [5, 5.41) is 0.877. The molecule has 0 saturated heterocycles. The van der Waals surface area contributed by atoms with Gasteiger partial charge in [0.25, 0.3) is 11.8 Å². The van der Waals surface area contributed by atoms with E-state index in [1.807, 2.05) is 6.92 Å². The molecule has 0 radical (unpaired) electrons. The maximum atomic E-state index is 12.2. The van der Waals surface area contributed by atoms with Gasteiger partial charge in [-0.3, -0.25) is 14.4 Å². The molecular weight excluding hydrogens is 254 g/mol. The number of amides is 2. The molecule has 2 rings (SSSR count). The average molecular weight is 271 g/mol. The molecular formula is C16H17NO3. The molecule has 4 nitrogen and oxygen atoms in total. The molecule has 0 unspecified atom stereocenters. The lowest BCUT2D eigenvalue weighted by atomic mass is 10.1. The van der Waals surface area contributed by atoms with Gasteiger partial charge in [0.1, 0.15) is 0 Å². The molecule has 0 N–H and O–H groups in total. The first-order chi connectivity index (χ1) is 9.69. The summed E-state index contributed by atoms with van der Waals surface area (Å²) in [5.41, 5.74) is 3.47. The summed E-state index contributed by atoms with van der Waals surface area (Å²) >= 11 is 0. The topological polar surface area (TPSA) is 46.6 Å². The fourth-order valence-corrected chi connectivity index (χ4v) is 2.16. The molecule has 20 heavy (non-hydrogen) atoms. The third kappa shape index (κ3) is 2.72. The van der Waals surface area contributed by atoms with Gasteiger partial charge in [-0.05, 0) is 24.6 Å². The predicted octanol–water partition coefficient (Wildman–Crippen LogP) is 3.11. The van der Waals surface area contributed by atoms with Gasteiger partial charge < -0.3 is 0 Å². The lowest BCUT2D eigenvalue weighted by molar-refractivity contribution is -0.133. The highest BCUT2D eigenvalue weighted by atomic mass is 16.7. The molecule has 104 valence electrons. The van der Waals surface area contributed by atoms with Gasteiger partial charge in [0.2, 0.25) is 0 Å². The summed E-state index contributed by atoms with van der Waals surface area (Å²) < 4.78 is 0. The molecule has 2 amide bonds. The highest BCUT2D eigenvalue weighted by Gasteiger charge is 2.37. The fourth-order valence-electron chi connectivity index (χ4n) is 2.16. The van der Waals surface area contributed by atoms with Gasteiger partial charge in [-0.15, -0.1) is 10.8 Å². The van der Waals surface area contributed by atoms with Gasteiger partial charge in [-0.1, -0.05) is 32.1 Å². The molecule has 0 spiro atoms. The van der Waals surface area contributed by atoms with Crippen molar-refractivity contribution in [1.29, 1.82) is 0 Å². The summed E-state index contributed by atoms with van der Waals surface area (Å²) in [5.74, 6) is -0.788. The van der Waals surface area contributed by atoms with E-state index in [9.17, 15) is 9.59 Å². The Morgan fingerprint density at radius 1 is 1.30 bits per heavy atom. The molecule has 4 heteroatoms. The van der Waals surface area contributed by atoms with Crippen molar-refractivity contribution in [3.05, 3.63) is 53.8 Å². The van der Waals surface area contributed by atoms with Crippen molar-refractivity contribution in [2.45, 2.75) is 32.3 Å². The number of fused-ring (bicyclic) bond motifs is 1. The number of carbonyl (C=O) groups is 2. The van der Waals surface area contributed by atoms with Crippen LogP contribution in [0.1, 0.15) is 46.9 Å². The molecule has 1 atom stereocenters. The number of imide groups is 1. The highest BCUT2D eigenvalue weighted by molar-refractivity contribution is 6.20. The van der Waals surface area contributed by atoms with Crippen LogP contribution in [-0.4, -0.2) is 23.0 Å². The van der Waals surface area contributed by atoms with E-state index in [2.05, 4.69) is 12.3 Å². The molecule has 0 saturated carbocycles. The maximum absolute atomic E-state index is 12.2. The third-order valence-electron chi connectivity index (χ3n) is 3.15. The van der Waals surface area contributed by atoms with Gasteiger partial charge >= 0.3 is 0 Å². The van der Waals surface area contributed by atoms with Gasteiger partial charge in [-0.25, -0.2) is 0 Å². The molecule has 0 bridgehead atoms. The van der Waals surface area contributed by atoms with Crippen molar-refractivity contribution in [1.82, 2.24) is 5.06 Å². The molecule has 1 aromatic rings. The van der Waals surface area contributed by atoms with Crippen molar-refractivity contribution >= 4 is 11.8 Å². The smallest absolute Gasteiger partial charge is 0.266 e. The Balaban J connectivity index is 2.16. The van der Waals surface area contributed by atoms with Crippen LogP contribution in [0.4, 0.5) is 0 Å². The minimum absolute atomic E-state index is 0.225. The van der Waals surface area contributed by atoms with Crippen LogP contribution < -0.4 is 0 Å². The van der Waals surface area contributed by atoms with Crippen LogP contribution in [0.3, 0.4) is 0 Å². The monoisotopic (exact) mass is 271 g/mol. The molecule has 1 heterocycles. The second-order valence-electron chi connectivity index (χ2n) is 4.61. The lowest BCUT2D eigenvalue weighted by Crippen LogP contribution is -2.34. The third-order valence-corrected chi connectivity index (χ3v) is 3.15. The minimum atomic E-state index is -0.394. The van der Waals surface area contributed by atoms with Crippen LogP contribution in [0, 0.1) is 0 Å². The minimum Gasteiger partial charge on any atom is -0.266 e. The van der Waals surface area contributed by atoms with E-state index in [0.717, 1.165) is 17.9 Å². The number of hydroxylamine groups is 2.